The number of thiazole rings is 1. The van der Waals surface area contributed by atoms with Crippen molar-refractivity contribution in [3.63, 3.8) is 0 Å². The number of nitrogens with zero attached hydrogens (tertiary/aromatic N) is 2. The SMILES string of the molecule is CCCc1nc(N2CCOCC2)sc1CNC1CC1. The smallest absolute Gasteiger partial charge is 0.185 e. The Bertz CT molecular complexity index is 411. The van der Waals surface area contributed by atoms with E-state index in [4.69, 9.17) is 9.72 Å². The van der Waals surface area contributed by atoms with Gasteiger partial charge >= 0.3 is 0 Å². The summed E-state index contributed by atoms with van der Waals surface area (Å²) in [4.78, 5) is 8.68. The highest BCUT2D eigenvalue weighted by molar-refractivity contribution is 7.15. The van der Waals surface area contributed by atoms with Crippen LogP contribution < -0.4 is 10.2 Å². The molecular formula is C14H23N3OS. The Morgan fingerprint density at radius 3 is 2.84 bits per heavy atom. The molecule has 2 aliphatic rings. The van der Waals surface area contributed by atoms with Crippen LogP contribution in [0.2, 0.25) is 0 Å². The summed E-state index contributed by atoms with van der Waals surface area (Å²) in [6.45, 7) is 6.85. The van der Waals surface area contributed by atoms with Crippen molar-refractivity contribution in [2.45, 2.75) is 45.2 Å². The second kappa shape index (κ2) is 6.20. The van der Waals surface area contributed by atoms with Crippen molar-refractivity contribution >= 4 is 16.5 Å². The third-order valence-electron chi connectivity index (χ3n) is 3.66. The van der Waals surface area contributed by atoms with Gasteiger partial charge in [0.05, 0.1) is 18.9 Å². The first-order valence-corrected chi connectivity index (χ1v) is 8.23. The van der Waals surface area contributed by atoms with Gasteiger partial charge in [-0.3, -0.25) is 0 Å². The van der Waals surface area contributed by atoms with Gasteiger partial charge in [0.15, 0.2) is 5.13 Å². The molecule has 1 saturated heterocycles. The molecular weight excluding hydrogens is 258 g/mol. The molecule has 1 aromatic rings. The first-order chi connectivity index (χ1) is 9.36. The molecule has 1 aromatic heterocycles. The van der Waals surface area contributed by atoms with Crippen molar-refractivity contribution in [3.8, 4) is 0 Å². The maximum Gasteiger partial charge on any atom is 0.185 e. The molecule has 3 rings (SSSR count). The molecule has 2 heterocycles. The number of anilines is 1. The Morgan fingerprint density at radius 2 is 2.16 bits per heavy atom. The van der Waals surface area contributed by atoms with E-state index in [2.05, 4.69) is 17.1 Å². The summed E-state index contributed by atoms with van der Waals surface area (Å²) in [6, 6.07) is 0.767. The Labute approximate surface area is 119 Å². The number of hydrogen-bond donors (Lipinski definition) is 1. The van der Waals surface area contributed by atoms with Crippen molar-refractivity contribution < 1.29 is 4.74 Å². The first-order valence-electron chi connectivity index (χ1n) is 7.41. The van der Waals surface area contributed by atoms with E-state index in [0.717, 1.165) is 45.3 Å². The van der Waals surface area contributed by atoms with Crippen LogP contribution in [0.15, 0.2) is 0 Å². The minimum atomic E-state index is 0.767. The third-order valence-corrected chi connectivity index (χ3v) is 4.82. The zero-order chi connectivity index (χ0) is 13.1. The monoisotopic (exact) mass is 281 g/mol. The van der Waals surface area contributed by atoms with Gasteiger partial charge in [-0.2, -0.15) is 0 Å². The lowest BCUT2D eigenvalue weighted by Crippen LogP contribution is -2.36. The van der Waals surface area contributed by atoms with Crippen LogP contribution in [0.3, 0.4) is 0 Å². The molecule has 19 heavy (non-hydrogen) atoms. The van der Waals surface area contributed by atoms with Crippen LogP contribution in [0.25, 0.3) is 0 Å². The number of aromatic nitrogens is 1. The Kier molecular flexibility index (Phi) is 4.35. The lowest BCUT2D eigenvalue weighted by Gasteiger charge is -2.26. The number of ether oxygens (including phenoxy) is 1. The Hall–Kier alpha value is -0.650. The average molecular weight is 281 g/mol. The molecule has 2 fully saturated rings. The van der Waals surface area contributed by atoms with Gasteiger partial charge in [0.2, 0.25) is 0 Å². The fraction of sp³-hybridized carbons (Fsp3) is 0.786. The summed E-state index contributed by atoms with van der Waals surface area (Å²) < 4.78 is 5.42. The van der Waals surface area contributed by atoms with E-state index < -0.39 is 0 Å². The van der Waals surface area contributed by atoms with Gasteiger partial charge in [-0.05, 0) is 19.3 Å². The molecule has 1 N–H and O–H groups in total. The van der Waals surface area contributed by atoms with E-state index in [-0.39, 0.29) is 0 Å². The third kappa shape index (κ3) is 3.46. The second-order valence-electron chi connectivity index (χ2n) is 5.37. The number of rotatable bonds is 6. The average Bonchev–Trinajstić information content (AvgIpc) is 3.19. The zero-order valence-corrected chi connectivity index (χ0v) is 12.5. The lowest BCUT2D eigenvalue weighted by atomic mass is 10.2. The minimum absolute atomic E-state index is 0.767. The predicted molar refractivity (Wildman–Crippen MR) is 79.0 cm³/mol. The van der Waals surface area contributed by atoms with Crippen molar-refractivity contribution in [2.24, 2.45) is 0 Å². The molecule has 0 radical (unpaired) electrons. The van der Waals surface area contributed by atoms with Crippen molar-refractivity contribution in [1.82, 2.24) is 10.3 Å². The molecule has 5 heteroatoms. The lowest BCUT2D eigenvalue weighted by molar-refractivity contribution is 0.122. The van der Waals surface area contributed by atoms with Gasteiger partial charge in [0.1, 0.15) is 0 Å². The summed E-state index contributed by atoms with van der Waals surface area (Å²) in [5.41, 5.74) is 1.31. The maximum atomic E-state index is 5.42. The topological polar surface area (TPSA) is 37.4 Å². The van der Waals surface area contributed by atoms with E-state index in [0.29, 0.717) is 0 Å². The van der Waals surface area contributed by atoms with Gasteiger partial charge in [-0.1, -0.05) is 13.3 Å². The second-order valence-corrected chi connectivity index (χ2v) is 6.43. The van der Waals surface area contributed by atoms with E-state index in [1.165, 1.54) is 35.0 Å². The van der Waals surface area contributed by atoms with Crippen molar-refractivity contribution in [3.05, 3.63) is 10.6 Å². The molecule has 106 valence electrons. The fourth-order valence-corrected chi connectivity index (χ4v) is 3.46. The molecule has 0 bridgehead atoms. The van der Waals surface area contributed by atoms with E-state index >= 15 is 0 Å². The molecule has 1 saturated carbocycles. The molecule has 1 aliphatic heterocycles. The van der Waals surface area contributed by atoms with Gasteiger partial charge in [-0.15, -0.1) is 11.3 Å². The van der Waals surface area contributed by atoms with Crippen molar-refractivity contribution in [2.75, 3.05) is 31.2 Å². The summed E-state index contributed by atoms with van der Waals surface area (Å²) in [5, 5.41) is 4.81. The minimum Gasteiger partial charge on any atom is -0.378 e. The molecule has 0 amide bonds. The predicted octanol–water partition coefficient (Wildman–Crippen LogP) is 2.18. The molecule has 4 nitrogen and oxygen atoms in total. The number of aryl methyl sites for hydroxylation is 1. The molecule has 0 aromatic carbocycles. The van der Waals surface area contributed by atoms with Crippen molar-refractivity contribution in [1.29, 1.82) is 0 Å². The summed E-state index contributed by atoms with van der Waals surface area (Å²) in [7, 11) is 0. The van der Waals surface area contributed by atoms with Crippen LogP contribution in [0.5, 0.6) is 0 Å². The van der Waals surface area contributed by atoms with Gasteiger partial charge in [-0.25, -0.2) is 4.98 Å². The summed E-state index contributed by atoms with van der Waals surface area (Å²) in [5.74, 6) is 0. The number of hydrogen-bond acceptors (Lipinski definition) is 5. The highest BCUT2D eigenvalue weighted by Gasteiger charge is 2.22. The largest absolute Gasteiger partial charge is 0.378 e. The van der Waals surface area contributed by atoms with E-state index in [9.17, 15) is 0 Å². The normalized spacial score (nSPS) is 19.9. The van der Waals surface area contributed by atoms with Crippen LogP contribution in [0.1, 0.15) is 36.8 Å². The molecule has 0 spiro atoms. The quantitative estimate of drug-likeness (QED) is 0.867. The highest BCUT2D eigenvalue weighted by atomic mass is 32.1. The van der Waals surface area contributed by atoms with Crippen LogP contribution in [0, 0.1) is 0 Å². The standard InChI is InChI=1S/C14H23N3OS/c1-2-3-12-13(10-15-11-4-5-11)19-14(16-12)17-6-8-18-9-7-17/h11,15H,2-10H2,1H3. The zero-order valence-electron chi connectivity index (χ0n) is 11.7. The van der Waals surface area contributed by atoms with Gasteiger partial charge < -0.3 is 15.0 Å². The molecule has 0 atom stereocenters. The Balaban J connectivity index is 1.70. The van der Waals surface area contributed by atoms with Crippen LogP contribution in [0.4, 0.5) is 5.13 Å². The maximum absolute atomic E-state index is 5.42. The molecule has 0 unspecified atom stereocenters. The number of morpholine rings is 1. The summed E-state index contributed by atoms with van der Waals surface area (Å²) in [6.07, 6.45) is 4.96. The van der Waals surface area contributed by atoms with Crippen LogP contribution in [-0.2, 0) is 17.7 Å². The van der Waals surface area contributed by atoms with Crippen LogP contribution in [-0.4, -0.2) is 37.3 Å². The van der Waals surface area contributed by atoms with Crippen LogP contribution >= 0.6 is 11.3 Å². The number of nitrogens with one attached hydrogen (secondary N) is 1. The van der Waals surface area contributed by atoms with Gasteiger partial charge in [0, 0.05) is 30.6 Å². The summed E-state index contributed by atoms with van der Waals surface area (Å²) >= 11 is 1.87. The fourth-order valence-electron chi connectivity index (χ4n) is 2.35. The van der Waals surface area contributed by atoms with Gasteiger partial charge in [0.25, 0.3) is 0 Å². The van der Waals surface area contributed by atoms with E-state index in [1.807, 2.05) is 11.3 Å². The highest BCUT2D eigenvalue weighted by Crippen LogP contribution is 2.29. The molecule has 1 aliphatic carbocycles. The Morgan fingerprint density at radius 1 is 1.37 bits per heavy atom. The van der Waals surface area contributed by atoms with E-state index in [1.54, 1.807) is 0 Å². The first kappa shape index (κ1) is 13.3.